The second-order valence-electron chi connectivity index (χ2n) is 5.29. The SMILES string of the molecule is Cc1c(C#N)c(N(C)CCN(C)C)nc2ccccc12. The van der Waals surface area contributed by atoms with E-state index in [0.717, 1.165) is 35.4 Å². The Labute approximate surface area is 120 Å². The summed E-state index contributed by atoms with van der Waals surface area (Å²) in [6.07, 6.45) is 0. The molecule has 0 unspecified atom stereocenters. The van der Waals surface area contributed by atoms with E-state index in [4.69, 9.17) is 0 Å². The predicted octanol–water partition coefficient (Wildman–Crippen LogP) is 2.41. The molecule has 0 spiro atoms. The molecule has 104 valence electrons. The highest BCUT2D eigenvalue weighted by atomic mass is 15.2. The lowest BCUT2D eigenvalue weighted by molar-refractivity contribution is 0.416. The van der Waals surface area contributed by atoms with Crippen molar-refractivity contribution in [1.29, 1.82) is 5.26 Å². The number of hydrogen-bond acceptors (Lipinski definition) is 4. The summed E-state index contributed by atoms with van der Waals surface area (Å²) < 4.78 is 0. The van der Waals surface area contributed by atoms with Crippen LogP contribution in [0.2, 0.25) is 0 Å². The number of nitrogens with zero attached hydrogens (tertiary/aromatic N) is 4. The third kappa shape index (κ3) is 2.73. The van der Waals surface area contributed by atoms with Crippen LogP contribution in [0.4, 0.5) is 5.82 Å². The molecule has 0 bridgehead atoms. The second-order valence-corrected chi connectivity index (χ2v) is 5.29. The molecule has 2 rings (SSSR count). The summed E-state index contributed by atoms with van der Waals surface area (Å²) in [5, 5.41) is 10.5. The van der Waals surface area contributed by atoms with Crippen LogP contribution in [-0.2, 0) is 0 Å². The number of para-hydroxylation sites is 1. The minimum absolute atomic E-state index is 0.671. The molecule has 0 saturated heterocycles. The molecule has 0 radical (unpaired) electrons. The lowest BCUT2D eigenvalue weighted by Crippen LogP contribution is -2.29. The Morgan fingerprint density at radius 2 is 1.85 bits per heavy atom. The number of likely N-dealkylation sites (N-methyl/N-ethyl adjacent to an activating group) is 2. The molecule has 0 atom stereocenters. The van der Waals surface area contributed by atoms with Crippen LogP contribution in [0.15, 0.2) is 24.3 Å². The van der Waals surface area contributed by atoms with Gasteiger partial charge in [0.2, 0.25) is 0 Å². The van der Waals surface area contributed by atoms with Gasteiger partial charge in [-0.3, -0.25) is 0 Å². The first-order valence-electron chi connectivity index (χ1n) is 6.70. The van der Waals surface area contributed by atoms with E-state index in [1.54, 1.807) is 0 Å². The Morgan fingerprint density at radius 1 is 1.15 bits per heavy atom. The molecule has 20 heavy (non-hydrogen) atoms. The predicted molar refractivity (Wildman–Crippen MR) is 83.0 cm³/mol. The van der Waals surface area contributed by atoms with E-state index in [0.29, 0.717) is 5.56 Å². The van der Waals surface area contributed by atoms with Gasteiger partial charge in [0.1, 0.15) is 11.9 Å². The van der Waals surface area contributed by atoms with Crippen molar-refractivity contribution in [2.24, 2.45) is 0 Å². The molecule has 0 aliphatic carbocycles. The van der Waals surface area contributed by atoms with Crippen LogP contribution in [0.3, 0.4) is 0 Å². The molecule has 0 N–H and O–H groups in total. The van der Waals surface area contributed by atoms with Crippen molar-refractivity contribution in [3.63, 3.8) is 0 Å². The van der Waals surface area contributed by atoms with Crippen LogP contribution in [0.1, 0.15) is 11.1 Å². The maximum Gasteiger partial charge on any atom is 0.147 e. The van der Waals surface area contributed by atoms with Crippen LogP contribution in [0.25, 0.3) is 10.9 Å². The number of fused-ring (bicyclic) bond motifs is 1. The first-order valence-corrected chi connectivity index (χ1v) is 6.70. The summed E-state index contributed by atoms with van der Waals surface area (Å²) in [6.45, 7) is 3.76. The third-order valence-corrected chi connectivity index (χ3v) is 3.49. The van der Waals surface area contributed by atoms with Crippen molar-refractivity contribution in [2.75, 3.05) is 39.1 Å². The number of pyridine rings is 1. The third-order valence-electron chi connectivity index (χ3n) is 3.49. The quantitative estimate of drug-likeness (QED) is 0.854. The number of anilines is 1. The average Bonchev–Trinajstić information content (AvgIpc) is 2.44. The summed E-state index contributed by atoms with van der Waals surface area (Å²) in [7, 11) is 6.07. The van der Waals surface area contributed by atoms with Gasteiger partial charge >= 0.3 is 0 Å². The van der Waals surface area contributed by atoms with Crippen molar-refractivity contribution in [2.45, 2.75) is 6.92 Å². The Kier molecular flexibility index (Phi) is 4.21. The summed E-state index contributed by atoms with van der Waals surface area (Å²) in [5.74, 6) is 0.769. The van der Waals surface area contributed by atoms with Gasteiger partial charge in [0, 0.05) is 25.5 Å². The number of hydrogen-bond donors (Lipinski definition) is 0. The van der Waals surface area contributed by atoms with Crippen molar-refractivity contribution in [1.82, 2.24) is 9.88 Å². The van der Waals surface area contributed by atoms with Gasteiger partial charge in [-0.25, -0.2) is 4.98 Å². The molecular weight excluding hydrogens is 248 g/mol. The lowest BCUT2D eigenvalue weighted by atomic mass is 10.0. The number of benzene rings is 1. The molecule has 4 heteroatoms. The van der Waals surface area contributed by atoms with Crippen LogP contribution < -0.4 is 4.90 Å². The number of rotatable bonds is 4. The average molecular weight is 268 g/mol. The minimum atomic E-state index is 0.671. The van der Waals surface area contributed by atoms with E-state index >= 15 is 0 Å². The van der Waals surface area contributed by atoms with Crippen molar-refractivity contribution < 1.29 is 0 Å². The van der Waals surface area contributed by atoms with Crippen LogP contribution in [-0.4, -0.2) is 44.1 Å². The molecule has 0 aliphatic rings. The van der Waals surface area contributed by atoms with E-state index in [1.165, 1.54) is 0 Å². The van der Waals surface area contributed by atoms with Gasteiger partial charge in [0.15, 0.2) is 0 Å². The van der Waals surface area contributed by atoms with E-state index < -0.39 is 0 Å². The topological polar surface area (TPSA) is 43.2 Å². The van der Waals surface area contributed by atoms with Crippen molar-refractivity contribution in [3.8, 4) is 6.07 Å². The summed E-state index contributed by atoms with van der Waals surface area (Å²) in [5.41, 5.74) is 2.62. The summed E-state index contributed by atoms with van der Waals surface area (Å²) in [6, 6.07) is 10.3. The minimum Gasteiger partial charge on any atom is -0.357 e. The highest BCUT2D eigenvalue weighted by Crippen LogP contribution is 2.27. The molecular formula is C16H20N4. The molecule has 1 aromatic carbocycles. The van der Waals surface area contributed by atoms with E-state index in [2.05, 4.69) is 20.9 Å². The van der Waals surface area contributed by atoms with Gasteiger partial charge in [-0.2, -0.15) is 5.26 Å². The zero-order valence-corrected chi connectivity index (χ0v) is 12.5. The Bertz CT molecular complexity index is 655. The molecule has 2 aromatic rings. The molecule has 0 amide bonds. The maximum atomic E-state index is 9.46. The number of aryl methyl sites for hydroxylation is 1. The Balaban J connectivity index is 2.49. The van der Waals surface area contributed by atoms with Crippen molar-refractivity contribution >= 4 is 16.7 Å². The molecule has 0 saturated carbocycles. The fraction of sp³-hybridized carbons (Fsp3) is 0.375. The zero-order chi connectivity index (χ0) is 14.7. The number of aromatic nitrogens is 1. The van der Waals surface area contributed by atoms with E-state index in [-0.39, 0.29) is 0 Å². The van der Waals surface area contributed by atoms with Gasteiger partial charge in [-0.1, -0.05) is 18.2 Å². The first kappa shape index (κ1) is 14.3. The smallest absolute Gasteiger partial charge is 0.147 e. The largest absolute Gasteiger partial charge is 0.357 e. The highest BCUT2D eigenvalue weighted by Gasteiger charge is 2.15. The van der Waals surface area contributed by atoms with Gasteiger partial charge < -0.3 is 9.80 Å². The standard InChI is InChI=1S/C16H20N4/c1-12-13-7-5-6-8-15(13)18-16(14(12)11-17)20(4)10-9-19(2)3/h5-8H,9-10H2,1-4H3. The molecule has 0 fully saturated rings. The Hall–Kier alpha value is -2.12. The van der Waals surface area contributed by atoms with Gasteiger partial charge in [-0.15, -0.1) is 0 Å². The van der Waals surface area contributed by atoms with Gasteiger partial charge in [0.25, 0.3) is 0 Å². The van der Waals surface area contributed by atoms with E-state index in [1.807, 2.05) is 52.3 Å². The molecule has 1 aromatic heterocycles. The van der Waals surface area contributed by atoms with Crippen LogP contribution in [0.5, 0.6) is 0 Å². The monoisotopic (exact) mass is 268 g/mol. The maximum absolute atomic E-state index is 9.46. The van der Waals surface area contributed by atoms with Gasteiger partial charge in [-0.05, 0) is 32.6 Å². The molecule has 4 nitrogen and oxygen atoms in total. The second kappa shape index (κ2) is 5.89. The van der Waals surface area contributed by atoms with Crippen LogP contribution >= 0.6 is 0 Å². The van der Waals surface area contributed by atoms with Crippen LogP contribution in [0, 0.1) is 18.3 Å². The summed E-state index contributed by atoms with van der Waals surface area (Å²) in [4.78, 5) is 8.84. The highest BCUT2D eigenvalue weighted by molar-refractivity contribution is 5.87. The number of nitriles is 1. The Morgan fingerprint density at radius 3 is 2.50 bits per heavy atom. The lowest BCUT2D eigenvalue weighted by Gasteiger charge is -2.22. The molecule has 1 heterocycles. The summed E-state index contributed by atoms with van der Waals surface area (Å²) >= 11 is 0. The van der Waals surface area contributed by atoms with E-state index in [9.17, 15) is 5.26 Å². The zero-order valence-electron chi connectivity index (χ0n) is 12.5. The molecule has 0 aliphatic heterocycles. The normalized spacial score (nSPS) is 10.8. The van der Waals surface area contributed by atoms with Gasteiger partial charge in [0.05, 0.1) is 11.1 Å². The fourth-order valence-electron chi connectivity index (χ4n) is 2.23. The van der Waals surface area contributed by atoms with Crippen molar-refractivity contribution in [3.05, 3.63) is 35.4 Å². The fourth-order valence-corrected chi connectivity index (χ4v) is 2.23. The first-order chi connectivity index (χ1) is 9.54.